The van der Waals surface area contributed by atoms with Gasteiger partial charge in [-0.15, -0.1) is 0 Å². The first-order valence-corrected chi connectivity index (χ1v) is 7.69. The molecule has 3 aliphatic heterocycles. The molecule has 0 saturated carbocycles. The molecule has 3 saturated heterocycles. The molecule has 0 aliphatic carbocycles. The second kappa shape index (κ2) is 8.17. The van der Waals surface area contributed by atoms with Crippen LogP contribution in [0.5, 0.6) is 0 Å². The Kier molecular flexibility index (Phi) is 6.53. The van der Waals surface area contributed by atoms with Gasteiger partial charge in [0.05, 0.1) is 6.73 Å². The van der Waals surface area contributed by atoms with Crippen LogP contribution in [-0.4, -0.2) is 81.5 Å². The van der Waals surface area contributed by atoms with Crippen LogP contribution in [0.1, 0.15) is 22.6 Å². The quantitative estimate of drug-likeness (QED) is 0.764. The first kappa shape index (κ1) is 15.2. The van der Waals surface area contributed by atoms with Crippen LogP contribution in [0.25, 0.3) is 0 Å². The molecule has 0 aromatic heterocycles. The lowest BCUT2D eigenvalue weighted by Crippen LogP contribution is -2.50. The summed E-state index contributed by atoms with van der Waals surface area (Å²) in [6.45, 7) is 11.3. The normalized spacial score (nSPS) is 32.5. The maximum Gasteiger partial charge on any atom is 0.0989 e. The van der Waals surface area contributed by atoms with Crippen LogP contribution in [0.4, 0.5) is 0 Å². The molecule has 0 spiro atoms. The van der Waals surface area contributed by atoms with E-state index in [1.807, 2.05) is 0 Å². The van der Waals surface area contributed by atoms with E-state index in [9.17, 15) is 0 Å². The molecule has 116 valence electrons. The highest BCUT2D eigenvalue weighted by Crippen LogP contribution is 2.17. The molecule has 3 fully saturated rings. The van der Waals surface area contributed by atoms with Crippen molar-refractivity contribution >= 4 is 0 Å². The number of fused-ring (bicyclic) bond motifs is 1. The summed E-state index contributed by atoms with van der Waals surface area (Å²) in [7, 11) is 1.74. The van der Waals surface area contributed by atoms with Crippen molar-refractivity contribution in [2.75, 3.05) is 59.7 Å². The van der Waals surface area contributed by atoms with Gasteiger partial charge in [0, 0.05) is 61.3 Å². The summed E-state index contributed by atoms with van der Waals surface area (Å²) < 4.78 is 5.05. The largest absolute Gasteiger partial charge is 0.369 e. The van der Waals surface area contributed by atoms with Gasteiger partial charge in [0.25, 0.3) is 0 Å². The zero-order chi connectivity index (χ0) is 13.5. The van der Waals surface area contributed by atoms with Crippen molar-refractivity contribution in [2.45, 2.75) is 31.8 Å². The highest BCUT2D eigenvalue weighted by molar-refractivity contribution is 4.84. The number of nitrogens with zero attached hydrogens (tertiary/aromatic N) is 2. The van der Waals surface area contributed by atoms with Gasteiger partial charge in [-0.05, 0) is 26.3 Å². The number of nitrogens with one attached hydrogen (secondary N) is 2. The van der Waals surface area contributed by atoms with Gasteiger partial charge in [0.2, 0.25) is 0 Å². The van der Waals surface area contributed by atoms with Gasteiger partial charge in [0.15, 0.2) is 0 Å². The molecule has 2 atom stereocenters. The molecule has 2 N–H and O–H groups in total. The Morgan fingerprint density at radius 2 is 1.95 bits per heavy atom. The van der Waals surface area contributed by atoms with Gasteiger partial charge in [-0.25, -0.2) is 0 Å². The van der Waals surface area contributed by atoms with E-state index < -0.39 is 0 Å². The van der Waals surface area contributed by atoms with Crippen LogP contribution in [0.3, 0.4) is 0 Å². The Hall–Kier alpha value is -0.200. The average Bonchev–Trinajstić information content (AvgIpc) is 2.91. The molecule has 3 aliphatic rings. The molecule has 3 rings (SSSR count). The lowest BCUT2D eigenvalue weighted by Gasteiger charge is -2.32. The van der Waals surface area contributed by atoms with E-state index in [-0.39, 0.29) is 2.85 Å². The van der Waals surface area contributed by atoms with Gasteiger partial charge >= 0.3 is 0 Å². The molecule has 19 heavy (non-hydrogen) atoms. The van der Waals surface area contributed by atoms with Crippen molar-refractivity contribution in [2.24, 2.45) is 0 Å². The molecule has 5 heteroatoms. The van der Waals surface area contributed by atoms with E-state index in [0.29, 0.717) is 6.04 Å². The fraction of sp³-hybridized carbons (Fsp3) is 1.00. The maximum absolute atomic E-state index is 5.05. The fourth-order valence-corrected chi connectivity index (χ4v) is 3.15. The Morgan fingerprint density at radius 3 is 2.68 bits per heavy atom. The molecule has 0 radical (unpaired) electrons. The first-order chi connectivity index (χ1) is 9.31. The van der Waals surface area contributed by atoms with E-state index in [4.69, 9.17) is 4.74 Å². The number of ether oxygens (including phenoxy) is 1. The van der Waals surface area contributed by atoms with Gasteiger partial charge in [0.1, 0.15) is 0 Å². The van der Waals surface area contributed by atoms with Crippen molar-refractivity contribution in [3.05, 3.63) is 0 Å². The summed E-state index contributed by atoms with van der Waals surface area (Å²) in [5, 5.41) is 6.74. The van der Waals surface area contributed by atoms with Crippen LogP contribution in [0.2, 0.25) is 0 Å². The second-order valence-corrected chi connectivity index (χ2v) is 5.82. The number of hydrogen-bond acceptors (Lipinski definition) is 5. The van der Waals surface area contributed by atoms with Crippen LogP contribution < -0.4 is 10.6 Å². The Bertz CT molecular complexity index is 247. The maximum atomic E-state index is 5.05. The SMILES string of the molecule is C1CC2CNCCN2C1.COCN1CCNCC1C.[HH].[HH]. The minimum absolute atomic E-state index is 0. The molecule has 2 unspecified atom stereocenters. The summed E-state index contributed by atoms with van der Waals surface area (Å²) in [5.74, 6) is 0. The topological polar surface area (TPSA) is 39.8 Å². The zero-order valence-corrected chi connectivity index (χ0v) is 12.5. The molecule has 5 nitrogen and oxygen atoms in total. The summed E-state index contributed by atoms with van der Waals surface area (Å²) in [6, 6.07) is 1.51. The summed E-state index contributed by atoms with van der Waals surface area (Å²) in [5.41, 5.74) is 0. The molecule has 0 amide bonds. The lowest BCUT2D eigenvalue weighted by molar-refractivity contribution is 0.0271. The molecule has 0 bridgehead atoms. The van der Waals surface area contributed by atoms with Crippen molar-refractivity contribution < 1.29 is 7.59 Å². The Balaban J connectivity index is 0.000000348. The number of methoxy groups -OCH3 is 1. The number of rotatable bonds is 2. The van der Waals surface area contributed by atoms with E-state index in [1.54, 1.807) is 7.11 Å². The predicted molar refractivity (Wildman–Crippen MR) is 82.6 cm³/mol. The third-order valence-corrected chi connectivity index (χ3v) is 4.39. The van der Waals surface area contributed by atoms with Crippen LogP contribution in [0.15, 0.2) is 0 Å². The van der Waals surface area contributed by atoms with E-state index >= 15 is 0 Å². The first-order valence-electron chi connectivity index (χ1n) is 7.69. The van der Waals surface area contributed by atoms with Gasteiger partial charge in [-0.2, -0.15) is 0 Å². The van der Waals surface area contributed by atoms with Crippen molar-refractivity contribution in [3.63, 3.8) is 0 Å². The lowest BCUT2D eigenvalue weighted by atomic mass is 10.2. The van der Waals surface area contributed by atoms with Gasteiger partial charge < -0.3 is 15.4 Å². The van der Waals surface area contributed by atoms with E-state index in [1.165, 1.54) is 39.0 Å². The predicted octanol–water partition coefficient (Wildman–Crippen LogP) is 0.430. The highest BCUT2D eigenvalue weighted by atomic mass is 16.5. The summed E-state index contributed by atoms with van der Waals surface area (Å²) >= 11 is 0. The van der Waals surface area contributed by atoms with E-state index in [2.05, 4.69) is 27.4 Å². The summed E-state index contributed by atoms with van der Waals surface area (Å²) in [6.07, 6.45) is 2.85. The number of piperazine rings is 2. The van der Waals surface area contributed by atoms with Crippen molar-refractivity contribution in [1.82, 2.24) is 20.4 Å². The zero-order valence-electron chi connectivity index (χ0n) is 12.5. The van der Waals surface area contributed by atoms with Crippen LogP contribution >= 0.6 is 0 Å². The van der Waals surface area contributed by atoms with Crippen LogP contribution in [0, 0.1) is 0 Å². The van der Waals surface area contributed by atoms with Gasteiger partial charge in [-0.3, -0.25) is 9.80 Å². The minimum Gasteiger partial charge on any atom is -0.369 e. The fourth-order valence-electron chi connectivity index (χ4n) is 3.15. The van der Waals surface area contributed by atoms with Crippen LogP contribution in [-0.2, 0) is 4.74 Å². The third kappa shape index (κ3) is 4.68. The molecular weight excluding hydrogens is 240 g/mol. The minimum atomic E-state index is 0. The number of hydrogen-bond donors (Lipinski definition) is 2. The standard InChI is InChI=1S/C7H16N2O.C7H14N2.2H2/c1-7-5-8-3-4-9(7)6-10-2;1-2-7-6-8-3-5-9(7)4-1;;/h7-8H,3-6H2,1-2H3;7-8H,1-6H2;2*1H. The Labute approximate surface area is 120 Å². The van der Waals surface area contributed by atoms with Crippen molar-refractivity contribution in [3.8, 4) is 0 Å². The molecular formula is C14H34N4O. The van der Waals surface area contributed by atoms with E-state index in [0.717, 1.165) is 32.4 Å². The van der Waals surface area contributed by atoms with Crippen molar-refractivity contribution in [1.29, 1.82) is 0 Å². The van der Waals surface area contributed by atoms with Gasteiger partial charge in [-0.1, -0.05) is 0 Å². The average molecular weight is 274 g/mol. The Morgan fingerprint density at radius 1 is 1.16 bits per heavy atom. The second-order valence-electron chi connectivity index (χ2n) is 5.82. The molecule has 3 heterocycles. The summed E-state index contributed by atoms with van der Waals surface area (Å²) in [4.78, 5) is 4.94. The molecule has 0 aromatic carbocycles. The monoisotopic (exact) mass is 274 g/mol. The third-order valence-electron chi connectivity index (χ3n) is 4.39. The molecule has 0 aromatic rings. The smallest absolute Gasteiger partial charge is 0.0989 e. The highest BCUT2D eigenvalue weighted by Gasteiger charge is 2.25.